The fourth-order valence-electron chi connectivity index (χ4n) is 2.45. The van der Waals surface area contributed by atoms with Crippen molar-refractivity contribution in [2.75, 3.05) is 13.1 Å². The van der Waals surface area contributed by atoms with Gasteiger partial charge in [0.2, 0.25) is 7.29 Å². The topological polar surface area (TPSA) is 20.3 Å². The lowest BCUT2D eigenvalue weighted by molar-refractivity contribution is 0.458. The summed E-state index contributed by atoms with van der Waals surface area (Å²) in [6.07, 6.45) is 0. The second-order valence-electron chi connectivity index (χ2n) is 4.62. The molecule has 5 heteroatoms. The van der Waals surface area contributed by atoms with Crippen molar-refractivity contribution in [2.24, 2.45) is 0 Å². The van der Waals surface area contributed by atoms with Crippen LogP contribution in [0.2, 0.25) is 0 Å². The van der Waals surface area contributed by atoms with Crippen molar-refractivity contribution in [1.82, 2.24) is 4.67 Å². The van der Waals surface area contributed by atoms with Crippen LogP contribution in [0.5, 0.6) is 0 Å². The number of halogens is 2. The molecule has 0 spiro atoms. The second kappa shape index (κ2) is 7.23. The minimum atomic E-state index is -2.87. The Morgan fingerprint density at radius 2 is 1.24 bits per heavy atom. The van der Waals surface area contributed by atoms with E-state index >= 15 is 0 Å². The van der Waals surface area contributed by atoms with Crippen LogP contribution in [0.25, 0.3) is 0 Å². The lowest BCUT2D eigenvalue weighted by Gasteiger charge is -2.31. The number of benzene rings is 2. The number of nitrogens with zero attached hydrogens (tertiary/aromatic N) is 1. The summed E-state index contributed by atoms with van der Waals surface area (Å²) in [5.74, 6) is 0. The largest absolute Gasteiger partial charge is 0.296 e. The van der Waals surface area contributed by atoms with Crippen LogP contribution in [0.3, 0.4) is 0 Å². The van der Waals surface area contributed by atoms with Crippen molar-refractivity contribution in [3.8, 4) is 0 Å². The fourth-order valence-corrected chi connectivity index (χ4v) is 7.43. The van der Waals surface area contributed by atoms with Crippen LogP contribution < -0.4 is 10.6 Å². The van der Waals surface area contributed by atoms with Crippen LogP contribution in [-0.2, 0) is 4.57 Å². The Morgan fingerprint density at radius 3 is 1.57 bits per heavy atom. The van der Waals surface area contributed by atoms with Gasteiger partial charge in [0.05, 0.1) is 0 Å². The molecule has 0 atom stereocenters. The summed E-state index contributed by atoms with van der Waals surface area (Å²) in [6, 6.07) is 15.6. The Balaban J connectivity index is 2.76. The van der Waals surface area contributed by atoms with E-state index < -0.39 is 7.29 Å². The normalized spacial score (nSPS) is 11.9. The maximum atomic E-state index is 14.1. The average Bonchev–Trinajstić information content (AvgIpc) is 2.49. The summed E-state index contributed by atoms with van der Waals surface area (Å²) >= 11 is 7.13. The van der Waals surface area contributed by atoms with Gasteiger partial charge in [-0.3, -0.25) is 4.57 Å². The van der Waals surface area contributed by atoms with Crippen molar-refractivity contribution in [1.29, 1.82) is 0 Å². The second-order valence-corrected chi connectivity index (χ2v) is 9.01. The molecule has 0 aliphatic carbocycles. The molecule has 21 heavy (non-hydrogen) atoms. The lowest BCUT2D eigenvalue weighted by Crippen LogP contribution is -2.33. The molecule has 0 aliphatic rings. The van der Waals surface area contributed by atoms with Gasteiger partial charge in [-0.05, 0) is 56.1 Å². The van der Waals surface area contributed by atoms with E-state index in [2.05, 4.69) is 31.9 Å². The quantitative estimate of drug-likeness (QED) is 0.636. The molecule has 2 aromatic rings. The van der Waals surface area contributed by atoms with Gasteiger partial charge in [-0.1, -0.05) is 38.1 Å². The zero-order valence-corrected chi connectivity index (χ0v) is 16.2. The summed E-state index contributed by atoms with van der Waals surface area (Å²) in [6.45, 7) is 5.56. The predicted octanol–water partition coefficient (Wildman–Crippen LogP) is 4.78. The Bertz CT molecular complexity index is 621. The van der Waals surface area contributed by atoms with E-state index in [4.69, 9.17) is 0 Å². The van der Waals surface area contributed by atoms with Gasteiger partial charge in [0, 0.05) is 32.6 Å². The van der Waals surface area contributed by atoms with Crippen LogP contribution in [0.15, 0.2) is 57.5 Å². The minimum Gasteiger partial charge on any atom is -0.296 e. The molecular weight excluding hydrogens is 413 g/mol. The molecular formula is C16H18Br2NOP. The Morgan fingerprint density at radius 1 is 0.857 bits per heavy atom. The standard InChI is InChI=1S/C16H18Br2NOP/c1-3-19(4-2)21(20,15-11-7-5-9-13(15)17)16-12-8-6-10-14(16)18/h5-12H,3-4H2,1-2H3. The van der Waals surface area contributed by atoms with Gasteiger partial charge in [0.25, 0.3) is 0 Å². The van der Waals surface area contributed by atoms with Crippen LogP contribution in [0.1, 0.15) is 13.8 Å². The molecule has 0 radical (unpaired) electrons. The first-order chi connectivity index (χ1) is 10.1. The number of hydrogen-bond donors (Lipinski definition) is 0. The third-order valence-electron chi connectivity index (χ3n) is 3.49. The monoisotopic (exact) mass is 429 g/mol. The average molecular weight is 431 g/mol. The van der Waals surface area contributed by atoms with Crippen LogP contribution in [-0.4, -0.2) is 17.8 Å². The zero-order chi connectivity index (χ0) is 15.5. The highest BCUT2D eigenvalue weighted by Gasteiger charge is 2.35. The van der Waals surface area contributed by atoms with Gasteiger partial charge in [-0.25, -0.2) is 4.67 Å². The van der Waals surface area contributed by atoms with E-state index in [9.17, 15) is 4.57 Å². The molecule has 0 aromatic heterocycles. The third kappa shape index (κ3) is 3.19. The Hall–Kier alpha value is -0.410. The summed E-state index contributed by atoms with van der Waals surface area (Å²) in [5, 5.41) is 1.70. The molecule has 0 saturated heterocycles. The highest BCUT2D eigenvalue weighted by atomic mass is 79.9. The SMILES string of the molecule is CCN(CC)P(=O)(c1ccccc1Br)c1ccccc1Br. The predicted molar refractivity (Wildman–Crippen MR) is 98.1 cm³/mol. The van der Waals surface area contributed by atoms with Gasteiger partial charge < -0.3 is 0 Å². The molecule has 0 heterocycles. The minimum absolute atomic E-state index is 0.733. The van der Waals surface area contributed by atoms with Crippen molar-refractivity contribution in [3.63, 3.8) is 0 Å². The smallest absolute Gasteiger partial charge is 0.209 e. The highest BCUT2D eigenvalue weighted by Crippen LogP contribution is 2.50. The van der Waals surface area contributed by atoms with Gasteiger partial charge in [-0.15, -0.1) is 0 Å². The van der Waals surface area contributed by atoms with Crippen molar-refractivity contribution >= 4 is 49.8 Å². The maximum absolute atomic E-state index is 14.1. The third-order valence-corrected chi connectivity index (χ3v) is 8.93. The molecule has 0 saturated carbocycles. The molecule has 0 aliphatic heterocycles. The molecule has 2 nitrogen and oxygen atoms in total. The molecule has 0 amide bonds. The van der Waals surface area contributed by atoms with Gasteiger partial charge in [0.1, 0.15) is 0 Å². The lowest BCUT2D eigenvalue weighted by atomic mass is 10.4. The van der Waals surface area contributed by atoms with Gasteiger partial charge >= 0.3 is 0 Å². The Labute approximate surface area is 143 Å². The summed E-state index contributed by atoms with van der Waals surface area (Å²) in [4.78, 5) is 0. The molecule has 0 bridgehead atoms. The first-order valence-electron chi connectivity index (χ1n) is 6.91. The van der Waals surface area contributed by atoms with E-state index in [1.54, 1.807) is 0 Å². The first-order valence-corrected chi connectivity index (χ1v) is 10.2. The van der Waals surface area contributed by atoms with E-state index in [1.807, 2.05) is 67.0 Å². The molecule has 2 aromatic carbocycles. The summed E-state index contributed by atoms with van der Waals surface area (Å²) < 4.78 is 17.9. The molecule has 0 N–H and O–H groups in total. The fraction of sp³-hybridized carbons (Fsp3) is 0.250. The van der Waals surface area contributed by atoms with Gasteiger partial charge in [-0.2, -0.15) is 0 Å². The maximum Gasteiger partial charge on any atom is 0.209 e. The zero-order valence-electron chi connectivity index (χ0n) is 12.1. The van der Waals surface area contributed by atoms with Crippen molar-refractivity contribution in [3.05, 3.63) is 57.5 Å². The molecule has 112 valence electrons. The number of rotatable bonds is 5. The molecule has 2 rings (SSSR count). The van der Waals surface area contributed by atoms with E-state index in [-0.39, 0.29) is 0 Å². The molecule has 0 fully saturated rings. The Kier molecular flexibility index (Phi) is 5.84. The van der Waals surface area contributed by atoms with E-state index in [0.29, 0.717) is 0 Å². The first kappa shape index (κ1) is 17.0. The summed E-state index contributed by atoms with van der Waals surface area (Å²) in [7, 11) is -2.87. The summed E-state index contributed by atoms with van der Waals surface area (Å²) in [5.41, 5.74) is 0. The van der Waals surface area contributed by atoms with E-state index in [1.165, 1.54) is 0 Å². The van der Waals surface area contributed by atoms with Crippen molar-refractivity contribution < 1.29 is 4.57 Å². The van der Waals surface area contributed by atoms with Crippen LogP contribution >= 0.6 is 39.2 Å². The molecule has 0 unspecified atom stereocenters. The van der Waals surface area contributed by atoms with Crippen LogP contribution in [0.4, 0.5) is 0 Å². The van der Waals surface area contributed by atoms with Crippen molar-refractivity contribution in [2.45, 2.75) is 13.8 Å². The highest BCUT2D eigenvalue weighted by molar-refractivity contribution is 9.11. The van der Waals surface area contributed by atoms with Gasteiger partial charge in [0.15, 0.2) is 0 Å². The number of hydrogen-bond acceptors (Lipinski definition) is 1. The van der Waals surface area contributed by atoms with E-state index in [0.717, 1.165) is 32.6 Å². The van der Waals surface area contributed by atoms with Crippen LogP contribution in [0, 0.1) is 0 Å².